The van der Waals surface area contributed by atoms with E-state index in [4.69, 9.17) is 0 Å². The van der Waals surface area contributed by atoms with Gasteiger partial charge in [0.1, 0.15) is 0 Å². The SMILES string of the molecule is CCC1(NCc2cccc(F)c2F)CCC1. The van der Waals surface area contributed by atoms with E-state index in [0.29, 0.717) is 12.1 Å². The minimum Gasteiger partial charge on any atom is -0.307 e. The lowest BCUT2D eigenvalue weighted by Crippen LogP contribution is -2.50. The van der Waals surface area contributed by atoms with E-state index < -0.39 is 11.6 Å². The average Bonchev–Trinajstić information content (AvgIpc) is 2.23. The first-order valence-electron chi connectivity index (χ1n) is 5.85. The van der Waals surface area contributed by atoms with Crippen molar-refractivity contribution in [2.45, 2.75) is 44.7 Å². The first-order valence-corrected chi connectivity index (χ1v) is 5.85. The second kappa shape index (κ2) is 4.50. The molecule has 16 heavy (non-hydrogen) atoms. The van der Waals surface area contributed by atoms with Gasteiger partial charge in [0.25, 0.3) is 0 Å². The van der Waals surface area contributed by atoms with Crippen LogP contribution in [0.4, 0.5) is 8.78 Å². The second-order valence-corrected chi connectivity index (χ2v) is 4.55. The molecule has 0 unspecified atom stereocenters. The van der Waals surface area contributed by atoms with Crippen LogP contribution in [-0.4, -0.2) is 5.54 Å². The van der Waals surface area contributed by atoms with Crippen LogP contribution in [-0.2, 0) is 6.54 Å². The number of hydrogen-bond donors (Lipinski definition) is 1. The highest BCUT2D eigenvalue weighted by Gasteiger charge is 2.34. The largest absolute Gasteiger partial charge is 0.307 e. The van der Waals surface area contributed by atoms with Crippen LogP contribution in [0.3, 0.4) is 0 Å². The first kappa shape index (κ1) is 11.5. The zero-order valence-corrected chi connectivity index (χ0v) is 9.52. The molecule has 0 heterocycles. The van der Waals surface area contributed by atoms with Crippen molar-refractivity contribution in [3.05, 3.63) is 35.4 Å². The summed E-state index contributed by atoms with van der Waals surface area (Å²) >= 11 is 0. The highest BCUT2D eigenvalue weighted by Crippen LogP contribution is 2.34. The monoisotopic (exact) mass is 225 g/mol. The Kier molecular flexibility index (Phi) is 3.24. The standard InChI is InChI=1S/C13H17F2N/c1-2-13(7-4-8-13)16-9-10-5-3-6-11(14)12(10)15/h3,5-6,16H,2,4,7-9H2,1H3. The van der Waals surface area contributed by atoms with E-state index in [2.05, 4.69) is 12.2 Å². The van der Waals surface area contributed by atoms with Gasteiger partial charge in [-0.1, -0.05) is 19.1 Å². The topological polar surface area (TPSA) is 12.0 Å². The van der Waals surface area contributed by atoms with E-state index in [1.165, 1.54) is 6.42 Å². The van der Waals surface area contributed by atoms with Crippen LogP contribution in [0.25, 0.3) is 0 Å². The van der Waals surface area contributed by atoms with Gasteiger partial charge >= 0.3 is 0 Å². The summed E-state index contributed by atoms with van der Waals surface area (Å²) in [5.74, 6) is -1.49. The van der Waals surface area contributed by atoms with E-state index in [0.717, 1.165) is 25.3 Å². The Morgan fingerprint density at radius 2 is 2.06 bits per heavy atom. The van der Waals surface area contributed by atoms with Gasteiger partial charge in [0.15, 0.2) is 11.6 Å². The Hall–Kier alpha value is -0.960. The molecule has 3 heteroatoms. The lowest BCUT2D eigenvalue weighted by molar-refractivity contribution is 0.174. The quantitative estimate of drug-likeness (QED) is 0.828. The minimum atomic E-state index is -0.765. The van der Waals surface area contributed by atoms with Gasteiger partial charge in [0.05, 0.1) is 0 Å². The number of nitrogens with one attached hydrogen (secondary N) is 1. The summed E-state index contributed by atoms with van der Waals surface area (Å²) in [4.78, 5) is 0. The molecule has 88 valence electrons. The molecule has 0 bridgehead atoms. The molecule has 0 saturated heterocycles. The maximum Gasteiger partial charge on any atom is 0.163 e. The number of hydrogen-bond acceptors (Lipinski definition) is 1. The molecule has 1 nitrogen and oxygen atoms in total. The smallest absolute Gasteiger partial charge is 0.163 e. The lowest BCUT2D eigenvalue weighted by atomic mass is 9.75. The fraction of sp³-hybridized carbons (Fsp3) is 0.538. The van der Waals surface area contributed by atoms with Gasteiger partial charge in [-0.2, -0.15) is 0 Å². The fourth-order valence-electron chi connectivity index (χ4n) is 2.23. The summed E-state index contributed by atoms with van der Waals surface area (Å²) in [6.45, 7) is 2.55. The molecule has 0 aromatic heterocycles. The van der Waals surface area contributed by atoms with Crippen LogP contribution in [0, 0.1) is 11.6 Å². The molecule has 0 atom stereocenters. The van der Waals surface area contributed by atoms with Crippen LogP contribution >= 0.6 is 0 Å². The molecule has 1 aromatic carbocycles. The lowest BCUT2D eigenvalue weighted by Gasteiger charge is -2.42. The Labute approximate surface area is 94.9 Å². The van der Waals surface area contributed by atoms with Crippen molar-refractivity contribution >= 4 is 0 Å². The molecule has 0 radical (unpaired) electrons. The molecule has 1 saturated carbocycles. The highest BCUT2D eigenvalue weighted by molar-refractivity contribution is 5.19. The maximum absolute atomic E-state index is 13.4. The van der Waals surface area contributed by atoms with E-state index in [1.807, 2.05) is 0 Å². The summed E-state index contributed by atoms with van der Waals surface area (Å²) < 4.78 is 26.4. The third kappa shape index (κ3) is 2.09. The van der Waals surface area contributed by atoms with Gasteiger partial charge in [-0.15, -0.1) is 0 Å². The van der Waals surface area contributed by atoms with Gasteiger partial charge < -0.3 is 5.32 Å². The molecule has 1 N–H and O–H groups in total. The zero-order chi connectivity index (χ0) is 11.6. The predicted octanol–water partition coefficient (Wildman–Crippen LogP) is 3.39. The van der Waals surface area contributed by atoms with E-state index >= 15 is 0 Å². The summed E-state index contributed by atoms with van der Waals surface area (Å²) in [6, 6.07) is 4.33. The third-order valence-electron chi connectivity index (χ3n) is 3.67. The van der Waals surface area contributed by atoms with E-state index in [-0.39, 0.29) is 5.54 Å². The number of benzene rings is 1. The van der Waals surface area contributed by atoms with Crippen LogP contribution in [0.1, 0.15) is 38.2 Å². The molecular weight excluding hydrogens is 208 g/mol. The molecular formula is C13H17F2N. The normalized spacial score (nSPS) is 18.2. The molecule has 2 rings (SSSR count). The van der Waals surface area contributed by atoms with Crippen LogP contribution < -0.4 is 5.32 Å². The van der Waals surface area contributed by atoms with Crippen LogP contribution in [0.15, 0.2) is 18.2 Å². The van der Waals surface area contributed by atoms with Crippen molar-refractivity contribution in [1.29, 1.82) is 0 Å². The first-order chi connectivity index (χ1) is 7.67. The second-order valence-electron chi connectivity index (χ2n) is 4.55. The van der Waals surface area contributed by atoms with Gasteiger partial charge in [0.2, 0.25) is 0 Å². The molecule has 1 aromatic rings. The fourth-order valence-corrected chi connectivity index (χ4v) is 2.23. The van der Waals surface area contributed by atoms with Gasteiger partial charge in [-0.3, -0.25) is 0 Å². The third-order valence-corrected chi connectivity index (χ3v) is 3.67. The van der Waals surface area contributed by atoms with E-state index in [1.54, 1.807) is 12.1 Å². The van der Waals surface area contributed by atoms with Crippen molar-refractivity contribution in [3.8, 4) is 0 Å². The Morgan fingerprint density at radius 3 is 2.62 bits per heavy atom. The van der Waals surface area contributed by atoms with Crippen molar-refractivity contribution in [3.63, 3.8) is 0 Å². The Bertz CT molecular complexity index is 367. The highest BCUT2D eigenvalue weighted by atomic mass is 19.2. The summed E-state index contributed by atoms with van der Waals surface area (Å²) in [5.41, 5.74) is 0.582. The molecule has 1 aliphatic rings. The number of rotatable bonds is 4. The minimum absolute atomic E-state index is 0.165. The van der Waals surface area contributed by atoms with Crippen LogP contribution in [0.2, 0.25) is 0 Å². The van der Waals surface area contributed by atoms with Gasteiger partial charge in [-0.05, 0) is 31.7 Å². The summed E-state index contributed by atoms with van der Waals surface area (Å²) in [6.07, 6.45) is 4.55. The Balaban J connectivity index is 2.02. The maximum atomic E-state index is 13.4. The number of halogens is 2. The molecule has 1 aliphatic carbocycles. The summed E-state index contributed by atoms with van der Waals surface area (Å²) in [7, 11) is 0. The summed E-state index contributed by atoms with van der Waals surface area (Å²) in [5, 5.41) is 3.36. The predicted molar refractivity (Wildman–Crippen MR) is 60.1 cm³/mol. The van der Waals surface area contributed by atoms with Gasteiger partial charge in [0, 0.05) is 17.6 Å². The average molecular weight is 225 g/mol. The van der Waals surface area contributed by atoms with Crippen molar-refractivity contribution < 1.29 is 8.78 Å². The van der Waals surface area contributed by atoms with Crippen molar-refractivity contribution in [2.75, 3.05) is 0 Å². The van der Waals surface area contributed by atoms with Gasteiger partial charge in [-0.25, -0.2) is 8.78 Å². The van der Waals surface area contributed by atoms with Crippen LogP contribution in [0.5, 0.6) is 0 Å². The molecule has 0 amide bonds. The molecule has 0 aliphatic heterocycles. The Morgan fingerprint density at radius 1 is 1.31 bits per heavy atom. The van der Waals surface area contributed by atoms with Crippen molar-refractivity contribution in [1.82, 2.24) is 5.32 Å². The molecule has 0 spiro atoms. The van der Waals surface area contributed by atoms with Crippen molar-refractivity contribution in [2.24, 2.45) is 0 Å². The zero-order valence-electron chi connectivity index (χ0n) is 9.52. The van der Waals surface area contributed by atoms with E-state index in [9.17, 15) is 8.78 Å². The molecule has 1 fully saturated rings.